The summed E-state index contributed by atoms with van der Waals surface area (Å²) in [5, 5.41) is 2.93. The third-order valence-corrected chi connectivity index (χ3v) is 4.15. The number of nitrogens with one attached hydrogen (secondary N) is 1. The highest BCUT2D eigenvalue weighted by atomic mass is 31.2. The Morgan fingerprint density at radius 2 is 1.65 bits per heavy atom. The lowest BCUT2D eigenvalue weighted by molar-refractivity contribution is 0.363. The molecule has 0 spiro atoms. The third-order valence-electron chi connectivity index (χ3n) is 3.05. The summed E-state index contributed by atoms with van der Waals surface area (Å²) < 4.78 is 11.7. The molecule has 2 aromatic rings. The second kappa shape index (κ2) is 5.80. The van der Waals surface area contributed by atoms with E-state index in [9.17, 15) is 14.4 Å². The number of aryl methyl sites for hydroxylation is 2. The van der Waals surface area contributed by atoms with Crippen molar-refractivity contribution < 1.29 is 14.4 Å². The molecule has 2 aromatic carbocycles. The van der Waals surface area contributed by atoms with Gasteiger partial charge in [0.05, 0.1) is 0 Å². The second-order valence-electron chi connectivity index (χ2n) is 4.92. The minimum atomic E-state index is -4.31. The SMILES string of the molecule is Cc1ccc(N[C@@H](c2cccc(C)c2)P(=O)(O)O)cc1. The van der Waals surface area contributed by atoms with E-state index in [2.05, 4.69) is 5.32 Å². The van der Waals surface area contributed by atoms with E-state index in [1.54, 1.807) is 18.2 Å². The van der Waals surface area contributed by atoms with Crippen LogP contribution in [0.1, 0.15) is 22.5 Å². The fraction of sp³-hybridized carbons (Fsp3) is 0.200. The average Bonchev–Trinajstić information content (AvgIpc) is 2.36. The Morgan fingerprint density at radius 3 is 2.20 bits per heavy atom. The maximum atomic E-state index is 11.7. The molecule has 0 amide bonds. The molecule has 0 aromatic heterocycles. The fourth-order valence-corrected chi connectivity index (χ4v) is 2.88. The van der Waals surface area contributed by atoms with Crippen molar-refractivity contribution in [1.29, 1.82) is 0 Å². The van der Waals surface area contributed by atoms with E-state index in [1.807, 2.05) is 44.2 Å². The Morgan fingerprint density at radius 1 is 1.00 bits per heavy atom. The molecule has 0 bridgehead atoms. The minimum absolute atomic E-state index is 0.582. The van der Waals surface area contributed by atoms with Crippen LogP contribution in [0.2, 0.25) is 0 Å². The minimum Gasteiger partial charge on any atom is -0.368 e. The van der Waals surface area contributed by atoms with Gasteiger partial charge >= 0.3 is 7.60 Å². The predicted molar refractivity (Wildman–Crippen MR) is 80.8 cm³/mol. The molecule has 0 radical (unpaired) electrons. The Kier molecular flexibility index (Phi) is 4.29. The zero-order chi connectivity index (χ0) is 14.8. The summed E-state index contributed by atoms with van der Waals surface area (Å²) in [7, 11) is -4.31. The van der Waals surface area contributed by atoms with Crippen LogP contribution in [0.4, 0.5) is 5.69 Å². The molecule has 2 rings (SSSR count). The van der Waals surface area contributed by atoms with Crippen molar-refractivity contribution >= 4 is 13.3 Å². The van der Waals surface area contributed by atoms with Gasteiger partial charge in [-0.3, -0.25) is 4.57 Å². The lowest BCUT2D eigenvalue weighted by atomic mass is 10.1. The molecule has 0 unspecified atom stereocenters. The van der Waals surface area contributed by atoms with Crippen molar-refractivity contribution in [3.05, 3.63) is 65.2 Å². The summed E-state index contributed by atoms with van der Waals surface area (Å²) in [5.74, 6) is -1.04. The second-order valence-corrected chi connectivity index (χ2v) is 6.61. The van der Waals surface area contributed by atoms with Crippen LogP contribution in [0.15, 0.2) is 48.5 Å². The van der Waals surface area contributed by atoms with E-state index >= 15 is 0 Å². The van der Waals surface area contributed by atoms with E-state index in [0.717, 1.165) is 11.1 Å². The molecule has 20 heavy (non-hydrogen) atoms. The van der Waals surface area contributed by atoms with E-state index in [4.69, 9.17) is 0 Å². The van der Waals surface area contributed by atoms with Gasteiger partial charge in [-0.15, -0.1) is 0 Å². The monoisotopic (exact) mass is 291 g/mol. The molecule has 0 saturated heterocycles. The molecule has 5 heteroatoms. The lowest BCUT2D eigenvalue weighted by Gasteiger charge is -2.22. The quantitative estimate of drug-likeness (QED) is 0.753. The largest absolute Gasteiger partial charge is 0.368 e. The van der Waals surface area contributed by atoms with Crippen molar-refractivity contribution in [1.82, 2.24) is 0 Å². The van der Waals surface area contributed by atoms with Gasteiger partial charge in [-0.25, -0.2) is 0 Å². The molecule has 0 aliphatic rings. The Labute approximate surface area is 118 Å². The van der Waals surface area contributed by atoms with Gasteiger partial charge in [-0.2, -0.15) is 0 Å². The van der Waals surface area contributed by atoms with Crippen LogP contribution < -0.4 is 5.32 Å². The number of hydrogen-bond donors (Lipinski definition) is 3. The van der Waals surface area contributed by atoms with Gasteiger partial charge in [0.15, 0.2) is 5.78 Å². The first-order chi connectivity index (χ1) is 9.36. The highest BCUT2D eigenvalue weighted by Crippen LogP contribution is 2.51. The zero-order valence-electron chi connectivity index (χ0n) is 11.4. The Bertz CT molecular complexity index is 634. The van der Waals surface area contributed by atoms with Crippen molar-refractivity contribution in [3.8, 4) is 0 Å². The van der Waals surface area contributed by atoms with Crippen LogP contribution in [-0.4, -0.2) is 9.79 Å². The molecular formula is C15H18NO3P. The van der Waals surface area contributed by atoms with Gasteiger partial charge in [0.1, 0.15) is 0 Å². The van der Waals surface area contributed by atoms with Gasteiger partial charge in [0.25, 0.3) is 0 Å². The molecule has 0 aliphatic carbocycles. The molecule has 106 valence electrons. The van der Waals surface area contributed by atoms with Crippen LogP contribution >= 0.6 is 7.60 Å². The Balaban J connectivity index is 2.34. The normalized spacial score (nSPS) is 13.0. The van der Waals surface area contributed by atoms with Crippen LogP contribution in [0.25, 0.3) is 0 Å². The first-order valence-electron chi connectivity index (χ1n) is 6.31. The number of hydrogen-bond acceptors (Lipinski definition) is 2. The zero-order valence-corrected chi connectivity index (χ0v) is 12.3. The molecule has 0 heterocycles. The highest BCUT2D eigenvalue weighted by Gasteiger charge is 2.30. The van der Waals surface area contributed by atoms with E-state index in [1.165, 1.54) is 0 Å². The molecule has 0 saturated carbocycles. The summed E-state index contributed by atoms with van der Waals surface area (Å²) in [6.45, 7) is 3.86. The maximum Gasteiger partial charge on any atom is 0.352 e. The fourth-order valence-electron chi connectivity index (χ4n) is 2.01. The molecule has 0 aliphatic heterocycles. The van der Waals surface area contributed by atoms with Gasteiger partial charge in [0, 0.05) is 5.69 Å². The van der Waals surface area contributed by atoms with Crippen molar-refractivity contribution in [2.75, 3.05) is 5.32 Å². The van der Waals surface area contributed by atoms with Crippen molar-refractivity contribution in [2.45, 2.75) is 19.6 Å². The summed E-state index contributed by atoms with van der Waals surface area (Å²) >= 11 is 0. The predicted octanol–water partition coefficient (Wildman–Crippen LogP) is 3.59. The summed E-state index contributed by atoms with van der Waals surface area (Å²) in [5.41, 5.74) is 3.33. The molecule has 4 nitrogen and oxygen atoms in total. The van der Waals surface area contributed by atoms with Gasteiger partial charge in [-0.05, 0) is 31.5 Å². The topological polar surface area (TPSA) is 69.6 Å². The van der Waals surface area contributed by atoms with E-state index < -0.39 is 13.4 Å². The van der Waals surface area contributed by atoms with Gasteiger partial charge in [-0.1, -0.05) is 47.5 Å². The number of anilines is 1. The average molecular weight is 291 g/mol. The van der Waals surface area contributed by atoms with E-state index in [0.29, 0.717) is 11.3 Å². The standard InChI is InChI=1S/C15H18NO3P/c1-11-6-8-14(9-7-11)16-15(20(17,18)19)13-5-3-4-12(2)10-13/h3-10,15-16H,1-2H3,(H2,17,18,19)/t15-/m1/s1. The molecule has 3 N–H and O–H groups in total. The Hall–Kier alpha value is -1.61. The summed E-state index contributed by atoms with van der Waals surface area (Å²) in [6, 6.07) is 14.6. The number of benzene rings is 2. The first kappa shape index (κ1) is 14.8. The van der Waals surface area contributed by atoms with Gasteiger partial charge in [0.2, 0.25) is 0 Å². The molecule has 0 fully saturated rings. The van der Waals surface area contributed by atoms with E-state index in [-0.39, 0.29) is 0 Å². The molecule has 1 atom stereocenters. The number of rotatable bonds is 4. The first-order valence-corrected chi connectivity index (χ1v) is 7.99. The smallest absolute Gasteiger partial charge is 0.352 e. The van der Waals surface area contributed by atoms with Crippen molar-refractivity contribution in [3.63, 3.8) is 0 Å². The van der Waals surface area contributed by atoms with Gasteiger partial charge < -0.3 is 15.1 Å². The maximum absolute atomic E-state index is 11.7. The summed E-state index contributed by atoms with van der Waals surface area (Å²) in [6.07, 6.45) is 0. The van der Waals surface area contributed by atoms with Crippen LogP contribution in [0, 0.1) is 13.8 Å². The van der Waals surface area contributed by atoms with Crippen LogP contribution in [0.3, 0.4) is 0 Å². The van der Waals surface area contributed by atoms with Crippen LogP contribution in [-0.2, 0) is 4.57 Å². The third kappa shape index (κ3) is 3.70. The molecular weight excluding hydrogens is 273 g/mol. The summed E-state index contributed by atoms with van der Waals surface area (Å²) in [4.78, 5) is 19.2. The van der Waals surface area contributed by atoms with Crippen LogP contribution in [0.5, 0.6) is 0 Å². The highest BCUT2D eigenvalue weighted by molar-refractivity contribution is 7.52. The van der Waals surface area contributed by atoms with Crippen molar-refractivity contribution in [2.24, 2.45) is 0 Å². The lowest BCUT2D eigenvalue weighted by Crippen LogP contribution is -2.11.